The van der Waals surface area contributed by atoms with Gasteiger partial charge in [0.05, 0.1) is 18.0 Å². The van der Waals surface area contributed by atoms with Gasteiger partial charge in [0.15, 0.2) is 5.79 Å². The van der Waals surface area contributed by atoms with E-state index in [-0.39, 0.29) is 0 Å². The molecule has 2 rings (SSSR count). The van der Waals surface area contributed by atoms with E-state index in [9.17, 15) is 8.42 Å². The maximum Gasteiger partial charge on any atom is 0.219 e. The number of piperidine rings is 1. The molecular formula is C11H21NO4S. The zero-order valence-electron chi connectivity index (χ0n) is 10.7. The van der Waals surface area contributed by atoms with E-state index in [2.05, 4.69) is 0 Å². The van der Waals surface area contributed by atoms with Crippen molar-refractivity contribution in [3.8, 4) is 0 Å². The van der Waals surface area contributed by atoms with Gasteiger partial charge in [0.2, 0.25) is 10.0 Å². The van der Waals surface area contributed by atoms with Crippen molar-refractivity contribution < 1.29 is 17.9 Å². The van der Waals surface area contributed by atoms with Gasteiger partial charge >= 0.3 is 0 Å². The van der Waals surface area contributed by atoms with E-state index < -0.39 is 20.6 Å². The van der Waals surface area contributed by atoms with Crippen LogP contribution in [0.4, 0.5) is 0 Å². The zero-order chi connectivity index (χ0) is 12.7. The molecule has 2 heterocycles. The highest BCUT2D eigenvalue weighted by molar-refractivity contribution is 7.90. The molecular weight excluding hydrogens is 242 g/mol. The van der Waals surface area contributed by atoms with Crippen molar-refractivity contribution in [1.29, 1.82) is 0 Å². The molecule has 2 aliphatic heterocycles. The van der Waals surface area contributed by atoms with Crippen LogP contribution in [0.5, 0.6) is 0 Å². The van der Waals surface area contributed by atoms with Gasteiger partial charge in [-0.3, -0.25) is 0 Å². The lowest BCUT2D eigenvalue weighted by molar-refractivity contribution is -0.179. The van der Waals surface area contributed by atoms with Crippen LogP contribution in [0.25, 0.3) is 0 Å². The van der Waals surface area contributed by atoms with Crippen molar-refractivity contribution in [2.45, 2.75) is 44.1 Å². The summed E-state index contributed by atoms with van der Waals surface area (Å²) in [6.45, 7) is 7.40. The van der Waals surface area contributed by atoms with Gasteiger partial charge in [-0.2, -0.15) is 0 Å². The van der Waals surface area contributed by atoms with E-state index in [0.29, 0.717) is 39.1 Å². The maximum atomic E-state index is 12.3. The molecule has 0 aromatic carbocycles. The second-order valence-corrected chi connectivity index (χ2v) is 8.32. The van der Waals surface area contributed by atoms with Crippen molar-refractivity contribution in [3.05, 3.63) is 0 Å². The molecule has 17 heavy (non-hydrogen) atoms. The lowest BCUT2D eigenvalue weighted by Gasteiger charge is -2.39. The largest absolute Gasteiger partial charge is 0.347 e. The van der Waals surface area contributed by atoms with Crippen LogP contribution in [0.3, 0.4) is 0 Å². The highest BCUT2D eigenvalue weighted by Gasteiger charge is 2.44. The minimum absolute atomic E-state index is 0.486. The quantitative estimate of drug-likeness (QED) is 0.707. The Morgan fingerprint density at radius 3 is 1.94 bits per heavy atom. The van der Waals surface area contributed by atoms with Crippen LogP contribution >= 0.6 is 0 Å². The Balaban J connectivity index is 2.04. The summed E-state index contributed by atoms with van der Waals surface area (Å²) in [4.78, 5) is 0. The molecule has 0 unspecified atom stereocenters. The van der Waals surface area contributed by atoms with E-state index in [4.69, 9.17) is 9.47 Å². The first-order valence-corrected chi connectivity index (χ1v) is 7.49. The smallest absolute Gasteiger partial charge is 0.219 e. The summed E-state index contributed by atoms with van der Waals surface area (Å²) in [7, 11) is -3.22. The molecule has 0 atom stereocenters. The molecule has 2 saturated heterocycles. The van der Waals surface area contributed by atoms with Crippen LogP contribution in [0.1, 0.15) is 33.6 Å². The Hall–Kier alpha value is -0.170. The van der Waals surface area contributed by atoms with Crippen LogP contribution in [0, 0.1) is 0 Å². The van der Waals surface area contributed by atoms with E-state index in [1.165, 1.54) is 0 Å². The fourth-order valence-corrected chi connectivity index (χ4v) is 3.68. The van der Waals surface area contributed by atoms with Crippen LogP contribution in [0.15, 0.2) is 0 Å². The molecule has 5 nitrogen and oxygen atoms in total. The monoisotopic (exact) mass is 263 g/mol. The fourth-order valence-electron chi connectivity index (χ4n) is 2.24. The van der Waals surface area contributed by atoms with Gasteiger partial charge in [0.1, 0.15) is 0 Å². The first kappa shape index (κ1) is 13.3. The molecule has 0 saturated carbocycles. The Bertz CT molecular complexity index is 369. The third-order valence-electron chi connectivity index (χ3n) is 3.41. The van der Waals surface area contributed by atoms with Gasteiger partial charge < -0.3 is 9.47 Å². The Morgan fingerprint density at radius 1 is 1.06 bits per heavy atom. The van der Waals surface area contributed by atoms with Crippen LogP contribution in [-0.2, 0) is 19.5 Å². The van der Waals surface area contributed by atoms with Crippen molar-refractivity contribution in [2.75, 3.05) is 26.3 Å². The summed E-state index contributed by atoms with van der Waals surface area (Å²) in [6, 6.07) is 0. The van der Waals surface area contributed by atoms with Gasteiger partial charge in [-0.15, -0.1) is 0 Å². The Kier molecular flexibility index (Phi) is 3.27. The Labute approximate surface area is 103 Å². The highest BCUT2D eigenvalue weighted by atomic mass is 32.2. The first-order chi connectivity index (χ1) is 7.77. The van der Waals surface area contributed by atoms with E-state index in [0.717, 1.165) is 0 Å². The first-order valence-electron chi connectivity index (χ1n) is 6.05. The Morgan fingerprint density at radius 2 is 1.53 bits per heavy atom. The van der Waals surface area contributed by atoms with Gasteiger partial charge in [-0.1, -0.05) is 0 Å². The molecule has 1 spiro atoms. The molecule has 0 radical (unpaired) electrons. The van der Waals surface area contributed by atoms with Crippen LogP contribution in [0.2, 0.25) is 0 Å². The van der Waals surface area contributed by atoms with E-state index in [1.807, 2.05) is 0 Å². The second-order valence-electron chi connectivity index (χ2n) is 5.62. The lowest BCUT2D eigenvalue weighted by Crippen LogP contribution is -2.51. The van der Waals surface area contributed by atoms with Gasteiger partial charge in [-0.25, -0.2) is 12.7 Å². The molecule has 0 aromatic heterocycles. The van der Waals surface area contributed by atoms with E-state index >= 15 is 0 Å². The molecule has 0 bridgehead atoms. The fraction of sp³-hybridized carbons (Fsp3) is 1.00. The molecule has 2 aliphatic rings. The average molecular weight is 263 g/mol. The average Bonchev–Trinajstić information content (AvgIpc) is 2.65. The third-order valence-corrected chi connectivity index (χ3v) is 6.00. The van der Waals surface area contributed by atoms with E-state index in [1.54, 1.807) is 25.1 Å². The number of hydrogen-bond acceptors (Lipinski definition) is 4. The summed E-state index contributed by atoms with van der Waals surface area (Å²) >= 11 is 0. The van der Waals surface area contributed by atoms with Crippen molar-refractivity contribution in [1.82, 2.24) is 4.31 Å². The highest BCUT2D eigenvalue weighted by Crippen LogP contribution is 2.34. The molecule has 0 aromatic rings. The van der Waals surface area contributed by atoms with Gasteiger partial charge in [-0.05, 0) is 20.8 Å². The van der Waals surface area contributed by atoms with Crippen LogP contribution < -0.4 is 0 Å². The summed E-state index contributed by atoms with van der Waals surface area (Å²) in [5.74, 6) is -0.510. The summed E-state index contributed by atoms with van der Waals surface area (Å²) in [6.07, 6.45) is 1.25. The summed E-state index contributed by atoms with van der Waals surface area (Å²) < 4.78 is 36.5. The number of rotatable bonds is 1. The van der Waals surface area contributed by atoms with Crippen molar-refractivity contribution >= 4 is 10.0 Å². The normalized spacial score (nSPS) is 26.5. The molecule has 0 aliphatic carbocycles. The van der Waals surface area contributed by atoms with Gasteiger partial charge in [0, 0.05) is 25.9 Å². The predicted molar refractivity (Wildman–Crippen MR) is 64.1 cm³/mol. The second kappa shape index (κ2) is 4.19. The van der Waals surface area contributed by atoms with Crippen molar-refractivity contribution in [3.63, 3.8) is 0 Å². The van der Waals surface area contributed by atoms with Crippen molar-refractivity contribution in [2.24, 2.45) is 0 Å². The molecule has 100 valence electrons. The molecule has 0 N–H and O–H groups in total. The topological polar surface area (TPSA) is 55.8 Å². The lowest BCUT2D eigenvalue weighted by atomic mass is 10.1. The zero-order valence-corrected chi connectivity index (χ0v) is 11.5. The number of hydrogen-bond donors (Lipinski definition) is 0. The number of nitrogens with zero attached hydrogens (tertiary/aromatic N) is 1. The molecule has 6 heteroatoms. The minimum Gasteiger partial charge on any atom is -0.347 e. The minimum atomic E-state index is -3.22. The summed E-state index contributed by atoms with van der Waals surface area (Å²) in [5.41, 5.74) is 0. The summed E-state index contributed by atoms with van der Waals surface area (Å²) in [5, 5.41) is 0. The number of sulfonamides is 1. The maximum absolute atomic E-state index is 12.3. The predicted octanol–water partition coefficient (Wildman–Crippen LogP) is 0.954. The standard InChI is InChI=1S/C11H21NO4S/c1-10(2,3)17(13,14)12-6-4-11(5-7-12)15-8-9-16-11/h4-9H2,1-3H3. The van der Waals surface area contributed by atoms with Gasteiger partial charge in [0.25, 0.3) is 0 Å². The SMILES string of the molecule is CC(C)(C)S(=O)(=O)N1CCC2(CC1)OCCO2. The third kappa shape index (κ3) is 2.36. The number of ether oxygens (including phenoxy) is 2. The van der Waals surface area contributed by atoms with Crippen LogP contribution in [-0.4, -0.2) is 49.6 Å². The molecule has 0 amide bonds. The molecule has 2 fully saturated rings.